The molecule has 1 rings (SSSR count). The van der Waals surface area contributed by atoms with Crippen LogP contribution < -0.4 is 5.73 Å². The summed E-state index contributed by atoms with van der Waals surface area (Å²) in [4.78, 5) is 0. The summed E-state index contributed by atoms with van der Waals surface area (Å²) in [6.45, 7) is 1.97. The normalized spacial score (nSPS) is 12.1. The van der Waals surface area contributed by atoms with Gasteiger partial charge < -0.3 is 10.8 Å². The van der Waals surface area contributed by atoms with Gasteiger partial charge >= 0.3 is 0 Å². The van der Waals surface area contributed by atoms with Gasteiger partial charge in [-0.05, 0) is 30.5 Å². The molecule has 0 bridgehead atoms. The summed E-state index contributed by atoms with van der Waals surface area (Å²) in [6.07, 6.45) is 0.547. The number of aliphatic hydroxyl groups is 1. The van der Waals surface area contributed by atoms with Gasteiger partial charge in [0.1, 0.15) is 0 Å². The van der Waals surface area contributed by atoms with Crippen molar-refractivity contribution in [2.45, 2.75) is 19.4 Å². The Morgan fingerprint density at radius 2 is 2.29 bits per heavy atom. The van der Waals surface area contributed by atoms with Crippen molar-refractivity contribution in [3.8, 4) is 6.07 Å². The van der Waals surface area contributed by atoms with Crippen LogP contribution in [-0.2, 0) is 0 Å². The van der Waals surface area contributed by atoms with E-state index >= 15 is 0 Å². The van der Waals surface area contributed by atoms with E-state index in [1.165, 1.54) is 0 Å². The van der Waals surface area contributed by atoms with Gasteiger partial charge in [-0.1, -0.05) is 12.1 Å². The summed E-state index contributed by atoms with van der Waals surface area (Å²) in [5.41, 5.74) is 8.39. The molecular weight excluding hydrogens is 176 g/mol. The Morgan fingerprint density at radius 3 is 2.79 bits per heavy atom. The lowest BCUT2D eigenvalue weighted by atomic mass is 10.00. The van der Waals surface area contributed by atoms with Crippen LogP contribution in [0.25, 0.3) is 0 Å². The van der Waals surface area contributed by atoms with Crippen LogP contribution in [0.5, 0.6) is 0 Å². The zero-order valence-corrected chi connectivity index (χ0v) is 8.20. The van der Waals surface area contributed by atoms with E-state index in [0.29, 0.717) is 12.0 Å². The van der Waals surface area contributed by atoms with Crippen LogP contribution in [0.3, 0.4) is 0 Å². The molecule has 0 radical (unpaired) electrons. The van der Waals surface area contributed by atoms with Crippen molar-refractivity contribution < 1.29 is 5.11 Å². The molecule has 0 saturated carbocycles. The summed E-state index contributed by atoms with van der Waals surface area (Å²) in [5, 5.41) is 17.5. The molecule has 0 aromatic heterocycles. The maximum Gasteiger partial charge on any atom is 0.0994 e. The second-order valence-electron chi connectivity index (χ2n) is 3.30. The Morgan fingerprint density at radius 1 is 1.57 bits per heavy atom. The minimum absolute atomic E-state index is 0.0835. The van der Waals surface area contributed by atoms with Crippen molar-refractivity contribution in [1.82, 2.24) is 0 Å². The standard InChI is InChI=1S/C11H14N2O/c1-8-6-9(11(13)4-5-14)2-3-10(8)7-12/h2-3,6,11,14H,4-5,13H2,1H3/t11-/m1/s1. The van der Waals surface area contributed by atoms with Crippen molar-refractivity contribution in [3.63, 3.8) is 0 Å². The van der Waals surface area contributed by atoms with Crippen LogP contribution in [0, 0.1) is 18.3 Å². The Labute approximate surface area is 83.8 Å². The molecule has 0 unspecified atom stereocenters. The number of hydrogen-bond donors (Lipinski definition) is 2. The average Bonchev–Trinajstić information content (AvgIpc) is 2.18. The highest BCUT2D eigenvalue weighted by Gasteiger charge is 2.06. The van der Waals surface area contributed by atoms with Crippen molar-refractivity contribution in [3.05, 3.63) is 34.9 Å². The van der Waals surface area contributed by atoms with Crippen molar-refractivity contribution >= 4 is 0 Å². The quantitative estimate of drug-likeness (QED) is 0.753. The summed E-state index contributed by atoms with van der Waals surface area (Å²) in [7, 11) is 0. The molecule has 1 aromatic carbocycles. The molecule has 14 heavy (non-hydrogen) atoms. The van der Waals surface area contributed by atoms with Gasteiger partial charge in [-0.2, -0.15) is 5.26 Å². The number of nitriles is 1. The lowest BCUT2D eigenvalue weighted by Crippen LogP contribution is -2.12. The predicted octanol–water partition coefficient (Wildman–Crippen LogP) is 1.25. The van der Waals surface area contributed by atoms with Crippen molar-refractivity contribution in [1.29, 1.82) is 5.26 Å². The molecule has 1 atom stereocenters. The van der Waals surface area contributed by atoms with Crippen LogP contribution in [0.2, 0.25) is 0 Å². The Balaban J connectivity index is 2.92. The lowest BCUT2D eigenvalue weighted by molar-refractivity contribution is 0.276. The molecule has 0 saturated heterocycles. The fraction of sp³-hybridized carbons (Fsp3) is 0.364. The van der Waals surface area contributed by atoms with E-state index in [1.54, 1.807) is 6.07 Å². The summed E-state index contributed by atoms with van der Waals surface area (Å²) in [6, 6.07) is 7.46. The van der Waals surface area contributed by atoms with Crippen molar-refractivity contribution in [2.75, 3.05) is 6.61 Å². The SMILES string of the molecule is Cc1cc([C@H](N)CCO)ccc1C#N. The highest BCUT2D eigenvalue weighted by Crippen LogP contribution is 2.17. The van der Waals surface area contributed by atoms with E-state index in [1.807, 2.05) is 19.1 Å². The van der Waals surface area contributed by atoms with Crippen LogP contribution in [0.4, 0.5) is 0 Å². The number of aliphatic hydroxyl groups excluding tert-OH is 1. The van der Waals surface area contributed by atoms with Gasteiger partial charge in [-0.15, -0.1) is 0 Å². The van der Waals surface area contributed by atoms with Gasteiger partial charge in [-0.3, -0.25) is 0 Å². The Bertz CT molecular complexity index is 355. The molecule has 3 N–H and O–H groups in total. The number of aryl methyl sites for hydroxylation is 1. The molecule has 74 valence electrons. The number of nitrogens with zero attached hydrogens (tertiary/aromatic N) is 1. The second-order valence-corrected chi connectivity index (χ2v) is 3.30. The molecule has 0 heterocycles. The highest BCUT2D eigenvalue weighted by atomic mass is 16.3. The zero-order chi connectivity index (χ0) is 10.6. The van der Waals surface area contributed by atoms with Crippen molar-refractivity contribution in [2.24, 2.45) is 5.73 Å². The second kappa shape index (κ2) is 4.75. The Kier molecular flexibility index (Phi) is 3.63. The number of hydrogen-bond acceptors (Lipinski definition) is 3. The zero-order valence-electron chi connectivity index (χ0n) is 8.20. The average molecular weight is 190 g/mol. The first kappa shape index (κ1) is 10.7. The van der Waals surface area contributed by atoms with E-state index in [0.717, 1.165) is 11.1 Å². The van der Waals surface area contributed by atoms with Crippen LogP contribution >= 0.6 is 0 Å². The number of rotatable bonds is 3. The first-order chi connectivity index (χ1) is 6.69. The van der Waals surface area contributed by atoms with E-state index in [2.05, 4.69) is 6.07 Å². The Hall–Kier alpha value is -1.37. The fourth-order valence-corrected chi connectivity index (χ4v) is 1.35. The summed E-state index contributed by atoms with van der Waals surface area (Å²) in [5.74, 6) is 0. The molecule has 0 fully saturated rings. The number of nitrogens with two attached hydrogens (primary N) is 1. The maximum absolute atomic E-state index is 8.74. The molecule has 3 nitrogen and oxygen atoms in total. The van der Waals surface area contributed by atoms with Gasteiger partial charge in [0, 0.05) is 12.6 Å². The molecule has 0 aliphatic heterocycles. The molecule has 1 aromatic rings. The van der Waals surface area contributed by atoms with Crippen LogP contribution in [0.1, 0.15) is 29.2 Å². The minimum Gasteiger partial charge on any atom is -0.396 e. The largest absolute Gasteiger partial charge is 0.396 e. The molecule has 3 heteroatoms. The third-order valence-corrected chi connectivity index (χ3v) is 2.24. The van der Waals surface area contributed by atoms with Gasteiger partial charge in [0.15, 0.2) is 0 Å². The van der Waals surface area contributed by atoms with E-state index in [-0.39, 0.29) is 12.6 Å². The summed E-state index contributed by atoms with van der Waals surface area (Å²) >= 11 is 0. The van der Waals surface area contributed by atoms with E-state index in [9.17, 15) is 0 Å². The fourth-order valence-electron chi connectivity index (χ4n) is 1.35. The molecule has 0 amide bonds. The third kappa shape index (κ3) is 2.32. The van der Waals surface area contributed by atoms with Gasteiger partial charge in [0.2, 0.25) is 0 Å². The molecule has 0 spiro atoms. The monoisotopic (exact) mass is 190 g/mol. The number of benzene rings is 1. The molecular formula is C11H14N2O. The van der Waals surface area contributed by atoms with Gasteiger partial charge in [-0.25, -0.2) is 0 Å². The van der Waals surface area contributed by atoms with Crippen LogP contribution in [0.15, 0.2) is 18.2 Å². The summed E-state index contributed by atoms with van der Waals surface area (Å²) < 4.78 is 0. The first-order valence-corrected chi connectivity index (χ1v) is 4.56. The van der Waals surface area contributed by atoms with Gasteiger partial charge in [0.25, 0.3) is 0 Å². The van der Waals surface area contributed by atoms with E-state index in [4.69, 9.17) is 16.1 Å². The minimum atomic E-state index is -0.147. The topological polar surface area (TPSA) is 70.0 Å². The molecule has 0 aliphatic carbocycles. The smallest absolute Gasteiger partial charge is 0.0994 e. The lowest BCUT2D eigenvalue weighted by Gasteiger charge is -2.11. The predicted molar refractivity (Wildman–Crippen MR) is 54.5 cm³/mol. The molecule has 0 aliphatic rings. The third-order valence-electron chi connectivity index (χ3n) is 2.24. The van der Waals surface area contributed by atoms with Crippen LogP contribution in [-0.4, -0.2) is 11.7 Å². The highest BCUT2D eigenvalue weighted by molar-refractivity contribution is 5.40. The van der Waals surface area contributed by atoms with E-state index < -0.39 is 0 Å². The van der Waals surface area contributed by atoms with Gasteiger partial charge in [0.05, 0.1) is 11.6 Å². The maximum atomic E-state index is 8.74. The first-order valence-electron chi connectivity index (χ1n) is 4.56.